The molecule has 2 saturated heterocycles. The molecule has 2 unspecified atom stereocenters. The summed E-state index contributed by atoms with van der Waals surface area (Å²) < 4.78 is 20.5. The number of piperidine rings is 1. The number of likely N-dealkylation sites (tertiary alicyclic amines) is 1. The van der Waals surface area contributed by atoms with Crippen LogP contribution in [0.5, 0.6) is 5.75 Å². The summed E-state index contributed by atoms with van der Waals surface area (Å²) in [6.07, 6.45) is 3.79. The summed E-state index contributed by atoms with van der Waals surface area (Å²) >= 11 is 0. The minimum absolute atomic E-state index is 0.0675. The molecule has 172 valence electrons. The Balaban J connectivity index is 1.42. The number of rotatable bonds is 0. The standard InChI is InChI=1S/C28H31NO4/c1-17-7-8-18-13-21-27(30)16-25(14-19-5-3-4-6-20(19)15-25)28(31-11-12-32-28)24-26(27,9-10-29(21)2)22(18)23(17)33-24/h3-8,21,24,30H,9-16H2,1-2H3/t21-,24?,26+,27?/m1/s1. The third-order valence-corrected chi connectivity index (χ3v) is 10.3. The van der Waals surface area contributed by atoms with Crippen molar-refractivity contribution in [1.82, 2.24) is 4.90 Å². The Kier molecular flexibility index (Phi) is 3.42. The lowest BCUT2D eigenvalue weighted by molar-refractivity contribution is -0.351. The first kappa shape index (κ1) is 19.4. The van der Waals surface area contributed by atoms with Gasteiger partial charge in [-0.05, 0) is 74.9 Å². The van der Waals surface area contributed by atoms with Gasteiger partial charge in [-0.3, -0.25) is 0 Å². The van der Waals surface area contributed by atoms with Crippen LogP contribution in [0.1, 0.15) is 40.7 Å². The Morgan fingerprint density at radius 2 is 1.73 bits per heavy atom. The Morgan fingerprint density at radius 3 is 2.45 bits per heavy atom. The number of fused-ring (bicyclic) bond motifs is 3. The number of likely N-dealkylation sites (N-methyl/N-ethyl adjacent to an activating group) is 1. The number of hydrogen-bond donors (Lipinski definition) is 1. The van der Waals surface area contributed by atoms with E-state index in [1.807, 2.05) is 0 Å². The number of hydrogen-bond acceptors (Lipinski definition) is 5. The molecule has 2 aromatic rings. The molecule has 3 heterocycles. The Labute approximate surface area is 194 Å². The lowest BCUT2D eigenvalue weighted by Gasteiger charge is -2.69. The van der Waals surface area contributed by atoms with Crippen molar-refractivity contribution in [2.24, 2.45) is 5.41 Å². The third-order valence-electron chi connectivity index (χ3n) is 10.3. The Hall–Kier alpha value is -1.92. The third kappa shape index (κ3) is 1.92. The van der Waals surface area contributed by atoms with Crippen molar-refractivity contribution in [2.75, 3.05) is 26.8 Å². The largest absolute Gasteiger partial charge is 0.483 e. The summed E-state index contributed by atoms with van der Waals surface area (Å²) in [5, 5.41) is 13.0. The van der Waals surface area contributed by atoms with Gasteiger partial charge in [0.05, 0.1) is 24.2 Å². The number of ether oxygens (including phenoxy) is 3. The van der Waals surface area contributed by atoms with Gasteiger partial charge in [-0.15, -0.1) is 0 Å². The predicted molar refractivity (Wildman–Crippen MR) is 122 cm³/mol. The topological polar surface area (TPSA) is 51.2 Å². The maximum Gasteiger partial charge on any atom is 0.213 e. The highest BCUT2D eigenvalue weighted by Gasteiger charge is 2.83. The van der Waals surface area contributed by atoms with E-state index in [1.54, 1.807) is 0 Å². The fraction of sp³-hybridized carbons (Fsp3) is 0.571. The molecule has 2 aromatic carbocycles. The van der Waals surface area contributed by atoms with Gasteiger partial charge in [0.25, 0.3) is 0 Å². The molecule has 33 heavy (non-hydrogen) atoms. The first-order valence-corrected chi connectivity index (χ1v) is 12.5. The second-order valence-corrected chi connectivity index (χ2v) is 11.5. The zero-order chi connectivity index (χ0) is 22.2. The average Bonchev–Trinajstić information content (AvgIpc) is 3.50. The lowest BCUT2D eigenvalue weighted by atomic mass is 9.43. The van der Waals surface area contributed by atoms with Crippen LogP contribution in [0.15, 0.2) is 36.4 Å². The monoisotopic (exact) mass is 445 g/mol. The fourth-order valence-electron chi connectivity index (χ4n) is 9.05. The quantitative estimate of drug-likeness (QED) is 0.676. The first-order chi connectivity index (χ1) is 15.9. The molecule has 4 atom stereocenters. The molecule has 1 saturated carbocycles. The molecule has 5 heteroatoms. The molecular formula is C28H31NO4. The van der Waals surface area contributed by atoms with Crippen LogP contribution in [0.3, 0.4) is 0 Å². The number of benzene rings is 2. The van der Waals surface area contributed by atoms with Crippen LogP contribution < -0.4 is 4.74 Å². The SMILES string of the molecule is Cc1ccc2c3c1OC1C4(OCCO4)C4(Cc5ccccc5C4)CC4(O)[C@@H](C2)N(C)CC[C@]314. The minimum Gasteiger partial charge on any atom is -0.483 e. The molecule has 3 spiro atoms. The van der Waals surface area contributed by atoms with E-state index < -0.39 is 16.8 Å². The number of aryl methyl sites for hydroxylation is 1. The van der Waals surface area contributed by atoms with E-state index in [2.05, 4.69) is 55.3 Å². The zero-order valence-corrected chi connectivity index (χ0v) is 19.4. The van der Waals surface area contributed by atoms with Crippen LogP contribution in [0.4, 0.5) is 0 Å². The van der Waals surface area contributed by atoms with Crippen molar-refractivity contribution in [2.45, 2.75) is 68.0 Å². The van der Waals surface area contributed by atoms with Gasteiger partial charge in [0.2, 0.25) is 5.79 Å². The van der Waals surface area contributed by atoms with Gasteiger partial charge < -0.3 is 24.2 Å². The normalized spacial score (nSPS) is 38.4. The molecule has 0 amide bonds. The molecule has 0 radical (unpaired) electrons. The van der Waals surface area contributed by atoms with Crippen LogP contribution in [0.25, 0.3) is 0 Å². The Morgan fingerprint density at radius 1 is 1.00 bits per heavy atom. The van der Waals surface area contributed by atoms with Crippen LogP contribution in [0, 0.1) is 12.3 Å². The van der Waals surface area contributed by atoms with Crippen LogP contribution in [0.2, 0.25) is 0 Å². The molecule has 3 aliphatic heterocycles. The summed E-state index contributed by atoms with van der Waals surface area (Å²) in [5.74, 6) is 0.128. The molecule has 3 fully saturated rings. The molecular weight excluding hydrogens is 414 g/mol. The first-order valence-electron chi connectivity index (χ1n) is 12.5. The van der Waals surface area contributed by atoms with Gasteiger partial charge in [-0.1, -0.05) is 36.4 Å². The summed E-state index contributed by atoms with van der Waals surface area (Å²) in [4.78, 5) is 2.40. The molecule has 0 aromatic heterocycles. The van der Waals surface area contributed by atoms with E-state index in [0.717, 1.165) is 43.5 Å². The number of nitrogens with zero attached hydrogens (tertiary/aromatic N) is 1. The Bertz CT molecular complexity index is 1180. The predicted octanol–water partition coefficient (Wildman–Crippen LogP) is 2.92. The molecule has 1 N–H and O–H groups in total. The van der Waals surface area contributed by atoms with Crippen molar-refractivity contribution in [3.63, 3.8) is 0 Å². The second-order valence-electron chi connectivity index (χ2n) is 11.5. The summed E-state index contributed by atoms with van der Waals surface area (Å²) in [5.41, 5.74) is 4.72. The summed E-state index contributed by atoms with van der Waals surface area (Å²) in [6.45, 7) is 4.24. The van der Waals surface area contributed by atoms with E-state index in [-0.39, 0.29) is 17.6 Å². The van der Waals surface area contributed by atoms with Gasteiger partial charge >= 0.3 is 0 Å². The second kappa shape index (κ2) is 5.83. The average molecular weight is 446 g/mol. The van der Waals surface area contributed by atoms with Crippen LogP contribution in [-0.2, 0) is 34.2 Å². The van der Waals surface area contributed by atoms with Crippen LogP contribution in [-0.4, -0.2) is 60.3 Å². The van der Waals surface area contributed by atoms with Crippen LogP contribution >= 0.6 is 0 Å². The lowest BCUT2D eigenvalue weighted by Crippen LogP contribution is -2.83. The minimum atomic E-state index is -0.890. The van der Waals surface area contributed by atoms with E-state index in [0.29, 0.717) is 19.6 Å². The maximum absolute atomic E-state index is 13.0. The van der Waals surface area contributed by atoms with Gasteiger partial charge in [0.1, 0.15) is 5.75 Å². The number of aliphatic hydroxyl groups is 1. The van der Waals surface area contributed by atoms with E-state index >= 15 is 0 Å². The highest BCUT2D eigenvalue weighted by atomic mass is 16.8. The summed E-state index contributed by atoms with van der Waals surface area (Å²) in [7, 11) is 2.18. The van der Waals surface area contributed by atoms with E-state index in [1.165, 1.54) is 22.3 Å². The highest BCUT2D eigenvalue weighted by Crippen LogP contribution is 2.72. The van der Waals surface area contributed by atoms with Gasteiger partial charge in [-0.25, -0.2) is 0 Å². The zero-order valence-electron chi connectivity index (χ0n) is 19.4. The van der Waals surface area contributed by atoms with Crippen molar-refractivity contribution in [3.05, 3.63) is 64.2 Å². The molecule has 6 aliphatic rings. The van der Waals surface area contributed by atoms with Crippen molar-refractivity contribution in [1.29, 1.82) is 0 Å². The molecule has 5 nitrogen and oxygen atoms in total. The smallest absolute Gasteiger partial charge is 0.213 e. The summed E-state index contributed by atoms with van der Waals surface area (Å²) in [6, 6.07) is 13.3. The van der Waals surface area contributed by atoms with E-state index in [4.69, 9.17) is 14.2 Å². The van der Waals surface area contributed by atoms with E-state index in [9.17, 15) is 5.11 Å². The van der Waals surface area contributed by atoms with Gasteiger partial charge in [0, 0.05) is 17.0 Å². The molecule has 3 aliphatic carbocycles. The van der Waals surface area contributed by atoms with Crippen molar-refractivity contribution >= 4 is 0 Å². The highest BCUT2D eigenvalue weighted by molar-refractivity contribution is 5.61. The fourth-order valence-corrected chi connectivity index (χ4v) is 9.05. The molecule has 8 rings (SSSR count). The molecule has 2 bridgehead atoms. The maximum atomic E-state index is 13.0. The van der Waals surface area contributed by atoms with Gasteiger partial charge in [0.15, 0.2) is 6.10 Å². The van der Waals surface area contributed by atoms with Crippen molar-refractivity contribution < 1.29 is 19.3 Å². The van der Waals surface area contributed by atoms with Gasteiger partial charge in [-0.2, -0.15) is 0 Å². The van der Waals surface area contributed by atoms with Crippen molar-refractivity contribution in [3.8, 4) is 5.75 Å².